The molecule has 1 heterocycles. The van der Waals surface area contributed by atoms with Gasteiger partial charge in [-0.25, -0.2) is 0 Å². The van der Waals surface area contributed by atoms with Gasteiger partial charge in [-0.3, -0.25) is 0 Å². The van der Waals surface area contributed by atoms with Gasteiger partial charge in [0.2, 0.25) is 0 Å². The van der Waals surface area contributed by atoms with E-state index >= 15 is 0 Å². The summed E-state index contributed by atoms with van der Waals surface area (Å²) >= 11 is 0. The van der Waals surface area contributed by atoms with Crippen LogP contribution >= 0.6 is 0 Å². The molecule has 0 spiro atoms. The van der Waals surface area contributed by atoms with Crippen molar-refractivity contribution in [2.75, 3.05) is 6.54 Å². The van der Waals surface area contributed by atoms with Crippen molar-refractivity contribution in [3.8, 4) is 0 Å². The molecule has 0 radical (unpaired) electrons. The molecule has 0 amide bonds. The Morgan fingerprint density at radius 2 is 1.44 bits per heavy atom. The fourth-order valence-electron chi connectivity index (χ4n) is 2.49. The number of para-hydroxylation sites is 2. The van der Waals surface area contributed by atoms with E-state index in [1.54, 1.807) is 0 Å². The third-order valence-corrected chi connectivity index (χ3v) is 3.35. The quantitative estimate of drug-likeness (QED) is 0.736. The Hall–Kier alpha value is -1.84. The molecule has 3 aromatic rings. The highest BCUT2D eigenvalue weighted by Gasteiger charge is 2.11. The third kappa shape index (κ3) is 1.68. The van der Waals surface area contributed by atoms with Crippen molar-refractivity contribution in [3.05, 3.63) is 48.5 Å². The minimum atomic E-state index is -0.510. The highest BCUT2D eigenvalue weighted by atomic mass is 16.3. The van der Waals surface area contributed by atoms with Crippen LogP contribution in [0.1, 0.15) is 0 Å². The van der Waals surface area contributed by atoms with Crippen LogP contribution in [0.4, 0.5) is 0 Å². The first-order valence-corrected chi connectivity index (χ1v) is 6.15. The molecular weight excluding hydrogens is 224 g/mol. The minimum Gasteiger partial charge on any atom is -0.390 e. The van der Waals surface area contributed by atoms with Crippen LogP contribution < -0.4 is 5.73 Å². The van der Waals surface area contributed by atoms with Gasteiger partial charge in [-0.2, -0.15) is 0 Å². The number of nitrogens with two attached hydrogens (primary N) is 1. The van der Waals surface area contributed by atoms with Gasteiger partial charge in [0.25, 0.3) is 0 Å². The molecule has 92 valence electrons. The zero-order valence-corrected chi connectivity index (χ0v) is 10.1. The number of benzene rings is 2. The van der Waals surface area contributed by atoms with Gasteiger partial charge in [-0.05, 0) is 12.1 Å². The van der Waals surface area contributed by atoms with Gasteiger partial charge in [-0.1, -0.05) is 36.4 Å². The van der Waals surface area contributed by atoms with E-state index in [0.717, 1.165) is 11.0 Å². The zero-order valence-electron chi connectivity index (χ0n) is 10.1. The summed E-state index contributed by atoms with van der Waals surface area (Å²) in [6, 6.07) is 16.5. The van der Waals surface area contributed by atoms with E-state index in [1.807, 2.05) is 24.3 Å². The van der Waals surface area contributed by atoms with Gasteiger partial charge in [0.05, 0.1) is 12.6 Å². The predicted octanol–water partition coefficient (Wildman–Crippen LogP) is 2.11. The number of aliphatic hydroxyl groups is 1. The smallest absolute Gasteiger partial charge is 0.0841 e. The number of fused-ring (bicyclic) bond motifs is 3. The molecule has 0 unspecified atom stereocenters. The summed E-state index contributed by atoms with van der Waals surface area (Å²) in [5, 5.41) is 12.2. The Labute approximate surface area is 105 Å². The summed E-state index contributed by atoms with van der Waals surface area (Å²) in [5.41, 5.74) is 7.80. The minimum absolute atomic E-state index is 0.279. The summed E-state index contributed by atoms with van der Waals surface area (Å²) < 4.78 is 2.14. The molecule has 3 N–H and O–H groups in total. The molecule has 0 saturated heterocycles. The molecule has 0 saturated carbocycles. The lowest BCUT2D eigenvalue weighted by atomic mass is 10.2. The summed E-state index contributed by atoms with van der Waals surface area (Å²) in [4.78, 5) is 0. The van der Waals surface area contributed by atoms with E-state index in [0.29, 0.717) is 6.54 Å². The van der Waals surface area contributed by atoms with E-state index < -0.39 is 6.10 Å². The van der Waals surface area contributed by atoms with Crippen LogP contribution in [0.2, 0.25) is 0 Å². The number of hydrogen-bond acceptors (Lipinski definition) is 2. The lowest BCUT2D eigenvalue weighted by Gasteiger charge is -2.11. The van der Waals surface area contributed by atoms with Crippen molar-refractivity contribution in [1.82, 2.24) is 4.57 Å². The molecule has 0 aliphatic rings. The average molecular weight is 240 g/mol. The Morgan fingerprint density at radius 3 is 1.94 bits per heavy atom. The van der Waals surface area contributed by atoms with Crippen molar-refractivity contribution in [2.24, 2.45) is 5.73 Å². The molecule has 0 fully saturated rings. The molecular formula is C15H16N2O. The fraction of sp³-hybridized carbons (Fsp3) is 0.200. The van der Waals surface area contributed by atoms with Crippen LogP contribution in [0.15, 0.2) is 48.5 Å². The van der Waals surface area contributed by atoms with E-state index in [2.05, 4.69) is 28.8 Å². The van der Waals surface area contributed by atoms with Crippen LogP contribution in [0.5, 0.6) is 0 Å². The summed E-state index contributed by atoms with van der Waals surface area (Å²) in [6.45, 7) is 0.811. The maximum atomic E-state index is 9.80. The summed E-state index contributed by atoms with van der Waals surface area (Å²) in [5.74, 6) is 0. The van der Waals surface area contributed by atoms with Gasteiger partial charge in [-0.15, -0.1) is 0 Å². The molecule has 3 heteroatoms. The Bertz CT molecular complexity index is 634. The maximum Gasteiger partial charge on any atom is 0.0841 e. The SMILES string of the molecule is NC[C@@H](O)Cn1c2ccccc2c2ccccc21. The fourth-order valence-corrected chi connectivity index (χ4v) is 2.49. The van der Waals surface area contributed by atoms with Crippen molar-refractivity contribution in [1.29, 1.82) is 0 Å². The van der Waals surface area contributed by atoms with E-state index in [4.69, 9.17) is 5.73 Å². The average Bonchev–Trinajstić information content (AvgIpc) is 2.74. The second-order valence-electron chi connectivity index (χ2n) is 4.53. The van der Waals surface area contributed by atoms with Gasteiger partial charge in [0.15, 0.2) is 0 Å². The van der Waals surface area contributed by atoms with E-state index in [-0.39, 0.29) is 6.54 Å². The van der Waals surface area contributed by atoms with Crippen LogP contribution in [0, 0.1) is 0 Å². The molecule has 3 rings (SSSR count). The number of aliphatic hydroxyl groups excluding tert-OH is 1. The molecule has 3 nitrogen and oxygen atoms in total. The van der Waals surface area contributed by atoms with Crippen molar-refractivity contribution in [3.63, 3.8) is 0 Å². The number of aromatic nitrogens is 1. The summed E-state index contributed by atoms with van der Waals surface area (Å²) in [6.07, 6.45) is -0.510. The lowest BCUT2D eigenvalue weighted by molar-refractivity contribution is 0.165. The van der Waals surface area contributed by atoms with Gasteiger partial charge in [0.1, 0.15) is 0 Å². The molecule has 18 heavy (non-hydrogen) atoms. The number of rotatable bonds is 3. The molecule has 1 atom stereocenters. The topological polar surface area (TPSA) is 51.2 Å². The Balaban J connectivity index is 2.31. The standard InChI is InChI=1S/C15H16N2O/c16-9-11(18)10-17-14-7-3-1-5-12(14)13-6-2-4-8-15(13)17/h1-8,11,18H,9-10,16H2/t11-/m1/s1. The highest BCUT2D eigenvalue weighted by molar-refractivity contribution is 6.07. The predicted molar refractivity (Wildman–Crippen MR) is 74.5 cm³/mol. The van der Waals surface area contributed by atoms with Crippen LogP contribution in [-0.4, -0.2) is 22.3 Å². The second kappa shape index (κ2) is 4.44. The van der Waals surface area contributed by atoms with Gasteiger partial charge in [0, 0.05) is 28.4 Å². The van der Waals surface area contributed by atoms with E-state index in [1.165, 1.54) is 10.8 Å². The maximum absolute atomic E-state index is 9.80. The van der Waals surface area contributed by atoms with Crippen LogP contribution in [0.25, 0.3) is 21.8 Å². The molecule has 0 aliphatic heterocycles. The first-order valence-electron chi connectivity index (χ1n) is 6.15. The van der Waals surface area contributed by atoms with Crippen molar-refractivity contribution in [2.45, 2.75) is 12.6 Å². The Morgan fingerprint density at radius 1 is 0.944 bits per heavy atom. The highest BCUT2D eigenvalue weighted by Crippen LogP contribution is 2.28. The van der Waals surface area contributed by atoms with E-state index in [9.17, 15) is 5.11 Å². The first-order chi connectivity index (χ1) is 8.81. The zero-order chi connectivity index (χ0) is 12.5. The van der Waals surface area contributed by atoms with Crippen molar-refractivity contribution < 1.29 is 5.11 Å². The molecule has 1 aromatic heterocycles. The lowest BCUT2D eigenvalue weighted by Crippen LogP contribution is -2.25. The van der Waals surface area contributed by atoms with Gasteiger partial charge < -0.3 is 15.4 Å². The van der Waals surface area contributed by atoms with Crippen molar-refractivity contribution >= 4 is 21.8 Å². The normalized spacial score (nSPS) is 13.2. The third-order valence-electron chi connectivity index (χ3n) is 3.35. The van der Waals surface area contributed by atoms with Crippen LogP contribution in [0.3, 0.4) is 0 Å². The first kappa shape index (κ1) is 11.3. The summed E-state index contributed by atoms with van der Waals surface area (Å²) in [7, 11) is 0. The largest absolute Gasteiger partial charge is 0.390 e. The molecule has 0 bridgehead atoms. The van der Waals surface area contributed by atoms with Gasteiger partial charge >= 0.3 is 0 Å². The molecule has 0 aliphatic carbocycles. The number of nitrogens with zero attached hydrogens (tertiary/aromatic N) is 1. The monoisotopic (exact) mass is 240 g/mol. The molecule has 2 aromatic carbocycles. The van der Waals surface area contributed by atoms with Crippen LogP contribution in [-0.2, 0) is 6.54 Å². The number of hydrogen-bond donors (Lipinski definition) is 2. The second-order valence-corrected chi connectivity index (χ2v) is 4.53. The Kier molecular flexibility index (Phi) is 2.78.